The van der Waals surface area contributed by atoms with Gasteiger partial charge < -0.3 is 9.84 Å². The predicted molar refractivity (Wildman–Crippen MR) is 97.2 cm³/mol. The van der Waals surface area contributed by atoms with Crippen LogP contribution in [0.2, 0.25) is 0 Å². The van der Waals surface area contributed by atoms with Crippen molar-refractivity contribution in [2.75, 3.05) is 6.61 Å². The number of fused-ring (bicyclic) bond motifs is 1. The van der Waals surface area contributed by atoms with Gasteiger partial charge >= 0.3 is 5.97 Å². The van der Waals surface area contributed by atoms with Crippen molar-refractivity contribution in [2.45, 2.75) is 24.3 Å². The van der Waals surface area contributed by atoms with E-state index in [2.05, 4.69) is 0 Å². The molecule has 3 rings (SSSR count). The van der Waals surface area contributed by atoms with Crippen LogP contribution in [0.15, 0.2) is 65.6 Å². The van der Waals surface area contributed by atoms with E-state index in [0.717, 1.165) is 3.97 Å². The molecule has 0 aliphatic rings. The summed E-state index contributed by atoms with van der Waals surface area (Å²) in [5.41, 5.74) is -1.83. The van der Waals surface area contributed by atoms with Gasteiger partial charge in [-0.25, -0.2) is 17.2 Å². The summed E-state index contributed by atoms with van der Waals surface area (Å²) in [5.74, 6) is -0.910. The van der Waals surface area contributed by atoms with E-state index in [-0.39, 0.29) is 17.2 Å². The first kappa shape index (κ1) is 18.2. The van der Waals surface area contributed by atoms with Crippen LogP contribution in [0.5, 0.6) is 0 Å². The number of ether oxygens (including phenoxy) is 1. The Balaban J connectivity index is 2.33. The van der Waals surface area contributed by atoms with Crippen molar-refractivity contribution in [1.82, 2.24) is 3.97 Å². The summed E-state index contributed by atoms with van der Waals surface area (Å²) >= 11 is 0. The Kier molecular flexibility index (Phi) is 4.60. The van der Waals surface area contributed by atoms with Crippen LogP contribution in [0.3, 0.4) is 0 Å². The van der Waals surface area contributed by atoms with Gasteiger partial charge in [0, 0.05) is 5.39 Å². The van der Waals surface area contributed by atoms with Crippen LogP contribution in [0, 0.1) is 0 Å². The highest BCUT2D eigenvalue weighted by Gasteiger charge is 2.40. The number of rotatable bonds is 5. The molecular weight excluding hydrogens is 354 g/mol. The fraction of sp³-hybridized carbons (Fsp3) is 0.211. The van der Waals surface area contributed by atoms with Crippen LogP contribution >= 0.6 is 0 Å². The summed E-state index contributed by atoms with van der Waals surface area (Å²) in [6.45, 7) is 2.92. The second-order valence-corrected chi connectivity index (χ2v) is 7.75. The van der Waals surface area contributed by atoms with Gasteiger partial charge in [0.2, 0.25) is 5.60 Å². The number of carbonyl (C=O) groups is 1. The molecule has 0 spiro atoms. The highest BCUT2D eigenvalue weighted by Crippen LogP contribution is 2.32. The number of para-hydroxylation sites is 1. The van der Waals surface area contributed by atoms with Crippen LogP contribution in [0.1, 0.15) is 19.5 Å². The summed E-state index contributed by atoms with van der Waals surface area (Å²) in [6, 6.07) is 16.2. The molecule has 1 unspecified atom stereocenters. The normalized spacial score (nSPS) is 14.1. The Labute approximate surface area is 151 Å². The topological polar surface area (TPSA) is 85.6 Å². The van der Waals surface area contributed by atoms with E-state index in [0.29, 0.717) is 10.9 Å². The average Bonchev–Trinajstić information content (AvgIpc) is 3.04. The molecule has 7 heteroatoms. The Hall–Kier alpha value is -2.64. The SMILES string of the molecule is CCOC(=O)C(C)(O)c1cc2ccccc2n1S(=O)(=O)c1ccccc1. The number of esters is 1. The minimum Gasteiger partial charge on any atom is -0.464 e. The van der Waals surface area contributed by atoms with Gasteiger partial charge in [-0.15, -0.1) is 0 Å². The molecule has 1 atom stereocenters. The zero-order valence-electron chi connectivity index (χ0n) is 14.4. The Morgan fingerprint density at radius 3 is 2.38 bits per heavy atom. The molecule has 26 heavy (non-hydrogen) atoms. The van der Waals surface area contributed by atoms with E-state index in [9.17, 15) is 18.3 Å². The summed E-state index contributed by atoms with van der Waals surface area (Å²) in [6.07, 6.45) is 0. The maximum atomic E-state index is 13.3. The third kappa shape index (κ3) is 2.89. The number of benzene rings is 2. The van der Waals surface area contributed by atoms with E-state index in [1.807, 2.05) is 0 Å². The van der Waals surface area contributed by atoms with Gasteiger partial charge in [-0.3, -0.25) is 0 Å². The average molecular weight is 373 g/mol. The second-order valence-electron chi connectivity index (χ2n) is 5.96. The molecule has 1 heterocycles. The van der Waals surface area contributed by atoms with E-state index >= 15 is 0 Å². The Bertz CT molecular complexity index is 1050. The maximum absolute atomic E-state index is 13.3. The van der Waals surface area contributed by atoms with Crippen LogP contribution in [0.4, 0.5) is 0 Å². The van der Waals surface area contributed by atoms with Gasteiger partial charge in [0.05, 0.1) is 22.7 Å². The predicted octanol–water partition coefficient (Wildman–Crippen LogP) is 2.65. The lowest BCUT2D eigenvalue weighted by atomic mass is 10.0. The second kappa shape index (κ2) is 6.59. The summed E-state index contributed by atoms with van der Waals surface area (Å²) in [4.78, 5) is 12.3. The molecule has 0 aliphatic heterocycles. The minimum atomic E-state index is -4.04. The van der Waals surface area contributed by atoms with Crippen LogP contribution in [0.25, 0.3) is 10.9 Å². The minimum absolute atomic E-state index is 0.0576. The van der Waals surface area contributed by atoms with Crippen molar-refractivity contribution in [3.05, 3.63) is 66.4 Å². The first-order chi connectivity index (χ1) is 12.3. The summed E-state index contributed by atoms with van der Waals surface area (Å²) < 4.78 is 32.5. The molecule has 136 valence electrons. The Morgan fingerprint density at radius 2 is 1.73 bits per heavy atom. The van der Waals surface area contributed by atoms with Crippen molar-refractivity contribution in [2.24, 2.45) is 0 Å². The number of hydrogen-bond acceptors (Lipinski definition) is 5. The van der Waals surface area contributed by atoms with Crippen LogP contribution in [-0.2, 0) is 25.2 Å². The molecule has 3 aromatic rings. The lowest BCUT2D eigenvalue weighted by Gasteiger charge is -2.23. The fourth-order valence-electron chi connectivity index (χ4n) is 2.80. The molecule has 2 aromatic carbocycles. The molecule has 0 bridgehead atoms. The van der Waals surface area contributed by atoms with Crippen LogP contribution in [-0.4, -0.2) is 30.1 Å². The van der Waals surface area contributed by atoms with E-state index < -0.39 is 21.6 Å². The molecule has 0 saturated carbocycles. The van der Waals surface area contributed by atoms with E-state index in [1.54, 1.807) is 49.4 Å². The third-order valence-electron chi connectivity index (χ3n) is 4.12. The first-order valence-electron chi connectivity index (χ1n) is 8.11. The Morgan fingerprint density at radius 1 is 1.12 bits per heavy atom. The zero-order valence-corrected chi connectivity index (χ0v) is 15.2. The molecule has 1 aromatic heterocycles. The van der Waals surface area contributed by atoms with Gasteiger partial charge in [0.15, 0.2) is 0 Å². The molecule has 0 saturated heterocycles. The maximum Gasteiger partial charge on any atom is 0.344 e. The summed E-state index contributed by atoms with van der Waals surface area (Å²) in [7, 11) is -4.04. The number of hydrogen-bond donors (Lipinski definition) is 1. The van der Waals surface area contributed by atoms with Crippen LogP contribution < -0.4 is 0 Å². The number of carbonyl (C=O) groups excluding carboxylic acids is 1. The summed E-state index contributed by atoms with van der Waals surface area (Å²) in [5, 5.41) is 11.4. The first-order valence-corrected chi connectivity index (χ1v) is 9.55. The van der Waals surface area contributed by atoms with E-state index in [4.69, 9.17) is 4.74 Å². The van der Waals surface area contributed by atoms with Gasteiger partial charge in [-0.2, -0.15) is 0 Å². The molecule has 0 amide bonds. The largest absolute Gasteiger partial charge is 0.464 e. The van der Waals surface area contributed by atoms with Crippen molar-refractivity contribution in [3.63, 3.8) is 0 Å². The quantitative estimate of drug-likeness (QED) is 0.695. The van der Waals surface area contributed by atoms with Gasteiger partial charge in [0.1, 0.15) is 0 Å². The monoisotopic (exact) mass is 373 g/mol. The van der Waals surface area contributed by atoms with Gasteiger partial charge in [-0.1, -0.05) is 36.4 Å². The molecule has 1 N–H and O–H groups in total. The molecule has 0 aliphatic carbocycles. The number of aliphatic hydroxyl groups is 1. The van der Waals surface area contributed by atoms with Crippen molar-refractivity contribution >= 4 is 26.9 Å². The standard InChI is InChI=1S/C19H19NO5S/c1-3-25-18(21)19(2,22)17-13-14-9-7-8-12-16(14)20(17)26(23,24)15-10-5-4-6-11-15/h4-13,22H,3H2,1-2H3. The van der Waals surface area contributed by atoms with Crippen molar-refractivity contribution in [1.29, 1.82) is 0 Å². The molecule has 0 radical (unpaired) electrons. The smallest absolute Gasteiger partial charge is 0.344 e. The highest BCUT2D eigenvalue weighted by molar-refractivity contribution is 7.90. The number of aromatic nitrogens is 1. The fourth-order valence-corrected chi connectivity index (χ4v) is 4.43. The van der Waals surface area contributed by atoms with Gasteiger partial charge in [0.25, 0.3) is 10.0 Å². The third-order valence-corrected chi connectivity index (χ3v) is 5.86. The zero-order chi connectivity index (χ0) is 18.9. The lowest BCUT2D eigenvalue weighted by Crippen LogP contribution is -2.37. The molecule has 0 fully saturated rings. The van der Waals surface area contributed by atoms with Gasteiger partial charge in [-0.05, 0) is 38.1 Å². The van der Waals surface area contributed by atoms with Crippen molar-refractivity contribution < 1.29 is 23.1 Å². The highest BCUT2D eigenvalue weighted by atomic mass is 32.2. The number of nitrogens with zero attached hydrogens (tertiary/aromatic N) is 1. The lowest BCUT2D eigenvalue weighted by molar-refractivity contribution is -0.164. The molecular formula is C19H19NO5S. The van der Waals surface area contributed by atoms with E-state index in [1.165, 1.54) is 25.1 Å². The van der Waals surface area contributed by atoms with Crippen molar-refractivity contribution in [3.8, 4) is 0 Å². The molecule has 6 nitrogen and oxygen atoms in total.